The zero-order valence-corrected chi connectivity index (χ0v) is 15.1. The molecule has 0 saturated carbocycles. The molecule has 0 spiro atoms. The van der Waals surface area contributed by atoms with E-state index in [2.05, 4.69) is 24.9 Å². The van der Waals surface area contributed by atoms with E-state index in [0.29, 0.717) is 34.5 Å². The molecule has 3 aromatic heterocycles. The molecule has 0 amide bonds. The van der Waals surface area contributed by atoms with Crippen molar-refractivity contribution in [3.05, 3.63) is 66.4 Å². The van der Waals surface area contributed by atoms with E-state index >= 15 is 0 Å². The van der Waals surface area contributed by atoms with Crippen LogP contribution in [-0.2, 0) is 0 Å². The summed E-state index contributed by atoms with van der Waals surface area (Å²) in [5.41, 5.74) is 1.66. The second kappa shape index (κ2) is 7.05. The Labute approximate surface area is 162 Å². The zero-order valence-electron chi connectivity index (χ0n) is 14.3. The molecule has 5 rings (SSSR count). The number of nitrogens with zero attached hydrogens (tertiary/aromatic N) is 3. The van der Waals surface area contributed by atoms with E-state index in [1.165, 1.54) is 11.3 Å². The van der Waals surface area contributed by atoms with Gasteiger partial charge in [-0.25, -0.2) is 9.97 Å². The molecule has 3 heterocycles. The summed E-state index contributed by atoms with van der Waals surface area (Å²) in [5, 5.41) is 2.32. The first-order chi connectivity index (χ1) is 13.8. The van der Waals surface area contributed by atoms with Gasteiger partial charge < -0.3 is 24.2 Å². The van der Waals surface area contributed by atoms with Crippen LogP contribution in [0.15, 0.2) is 66.4 Å². The van der Waals surface area contributed by atoms with Gasteiger partial charge in [0.15, 0.2) is 11.5 Å². The van der Waals surface area contributed by atoms with E-state index in [1.54, 1.807) is 36.8 Å². The van der Waals surface area contributed by atoms with Crippen molar-refractivity contribution in [2.24, 2.45) is 0 Å². The summed E-state index contributed by atoms with van der Waals surface area (Å²) in [7, 11) is 0. The number of para-hydroxylation sites is 3. The molecule has 0 aliphatic heterocycles. The van der Waals surface area contributed by atoms with Crippen molar-refractivity contribution < 1.29 is 14.2 Å². The lowest BCUT2D eigenvalue weighted by molar-refractivity contribution is 0.365. The maximum Gasteiger partial charge on any atom is 0.300 e. The predicted octanol–water partition coefficient (Wildman–Crippen LogP) is 5.12. The van der Waals surface area contributed by atoms with Crippen LogP contribution in [0.3, 0.4) is 0 Å². The number of hydrogen-bond acceptors (Lipinski definition) is 7. The van der Waals surface area contributed by atoms with Gasteiger partial charge in [0.25, 0.3) is 17.2 Å². The van der Waals surface area contributed by atoms with Crippen molar-refractivity contribution in [3.63, 3.8) is 0 Å². The number of fused-ring (bicyclic) bond motifs is 1. The van der Waals surface area contributed by atoms with Gasteiger partial charge in [0.05, 0.1) is 11.0 Å². The minimum absolute atomic E-state index is 0.320. The number of aromatic nitrogens is 5. The van der Waals surface area contributed by atoms with Crippen molar-refractivity contribution in [3.8, 4) is 34.5 Å². The molecule has 8 nitrogen and oxygen atoms in total. The lowest BCUT2D eigenvalue weighted by Gasteiger charge is -2.13. The van der Waals surface area contributed by atoms with Crippen LogP contribution in [0.25, 0.3) is 11.0 Å². The van der Waals surface area contributed by atoms with Gasteiger partial charge in [-0.3, -0.25) is 0 Å². The molecule has 0 bridgehead atoms. The molecular weight excluding hydrogens is 378 g/mol. The van der Waals surface area contributed by atoms with Crippen molar-refractivity contribution >= 4 is 22.4 Å². The Morgan fingerprint density at radius 3 is 2.50 bits per heavy atom. The van der Waals surface area contributed by atoms with E-state index in [0.717, 1.165) is 11.0 Å². The molecule has 5 aromatic rings. The monoisotopic (exact) mass is 391 g/mol. The summed E-state index contributed by atoms with van der Waals surface area (Å²) in [4.78, 5) is 18.7. The summed E-state index contributed by atoms with van der Waals surface area (Å²) < 4.78 is 17.8. The summed E-state index contributed by atoms with van der Waals surface area (Å²) in [6.07, 6.45) is 4.94. The molecule has 0 atom stereocenters. The summed E-state index contributed by atoms with van der Waals surface area (Å²) >= 11 is 1.38. The highest BCUT2D eigenvalue weighted by Crippen LogP contribution is 2.43. The second-order valence-corrected chi connectivity index (χ2v) is 6.50. The fourth-order valence-corrected chi connectivity index (χ4v) is 3.09. The first-order valence-electron chi connectivity index (χ1n) is 8.35. The Hall–Kier alpha value is -3.85. The number of thiazole rings is 1. The standard InChI is InChI=1S/C19H13N5O3S/c1-2-5-13-12(4-1)23-18(24-13)27-16-14(25-17-20-8-9-21-17)6-3-7-15(16)26-19-22-10-11-28-19/h1-11H,(H,20,21)(H,23,24). The third-order valence-electron chi connectivity index (χ3n) is 3.80. The molecule has 138 valence electrons. The van der Waals surface area contributed by atoms with Crippen LogP contribution in [0.2, 0.25) is 0 Å². The maximum absolute atomic E-state index is 6.04. The number of rotatable bonds is 6. The highest BCUT2D eigenvalue weighted by Gasteiger charge is 2.18. The van der Waals surface area contributed by atoms with Crippen LogP contribution < -0.4 is 14.2 Å². The fourth-order valence-electron chi connectivity index (χ4n) is 2.60. The lowest BCUT2D eigenvalue weighted by Crippen LogP contribution is -1.96. The van der Waals surface area contributed by atoms with Gasteiger partial charge in [0.2, 0.25) is 5.75 Å². The lowest BCUT2D eigenvalue weighted by atomic mass is 10.3. The van der Waals surface area contributed by atoms with Crippen molar-refractivity contribution in [1.82, 2.24) is 24.9 Å². The van der Waals surface area contributed by atoms with Crippen LogP contribution in [0.1, 0.15) is 0 Å². The Balaban J connectivity index is 1.55. The van der Waals surface area contributed by atoms with Crippen LogP contribution in [0.5, 0.6) is 34.5 Å². The normalized spacial score (nSPS) is 10.9. The third kappa shape index (κ3) is 3.26. The van der Waals surface area contributed by atoms with Gasteiger partial charge in [-0.05, 0) is 24.3 Å². The summed E-state index contributed by atoms with van der Waals surface area (Å²) in [5.74, 6) is 1.22. The minimum atomic E-state index is 0.320. The van der Waals surface area contributed by atoms with Crippen molar-refractivity contribution in [2.75, 3.05) is 0 Å². The van der Waals surface area contributed by atoms with E-state index in [1.807, 2.05) is 29.6 Å². The average molecular weight is 391 g/mol. The van der Waals surface area contributed by atoms with Gasteiger partial charge in [-0.1, -0.05) is 29.5 Å². The number of H-pyrrole nitrogens is 2. The molecule has 9 heteroatoms. The Kier molecular flexibility index (Phi) is 4.11. The van der Waals surface area contributed by atoms with Gasteiger partial charge >= 0.3 is 0 Å². The average Bonchev–Trinajstić information content (AvgIpc) is 3.45. The quantitative estimate of drug-likeness (QED) is 0.417. The van der Waals surface area contributed by atoms with Crippen molar-refractivity contribution in [1.29, 1.82) is 0 Å². The number of benzene rings is 2. The predicted molar refractivity (Wildman–Crippen MR) is 103 cm³/mol. The zero-order chi connectivity index (χ0) is 18.8. The van der Waals surface area contributed by atoms with E-state index in [-0.39, 0.29) is 0 Å². The second-order valence-electron chi connectivity index (χ2n) is 5.64. The first-order valence-corrected chi connectivity index (χ1v) is 9.23. The van der Waals surface area contributed by atoms with Crippen LogP contribution in [0, 0.1) is 0 Å². The molecule has 0 radical (unpaired) electrons. The maximum atomic E-state index is 6.04. The van der Waals surface area contributed by atoms with Gasteiger partial charge in [-0.2, -0.15) is 4.98 Å². The van der Waals surface area contributed by atoms with Gasteiger partial charge in [0, 0.05) is 24.0 Å². The molecule has 28 heavy (non-hydrogen) atoms. The number of imidazole rings is 2. The van der Waals surface area contributed by atoms with E-state index < -0.39 is 0 Å². The molecule has 0 saturated heterocycles. The molecular formula is C19H13N5O3S. The van der Waals surface area contributed by atoms with Crippen LogP contribution >= 0.6 is 11.3 Å². The highest BCUT2D eigenvalue weighted by atomic mass is 32.1. The smallest absolute Gasteiger partial charge is 0.300 e. The molecule has 0 aliphatic carbocycles. The largest absolute Gasteiger partial charge is 0.427 e. The van der Waals surface area contributed by atoms with Gasteiger partial charge in [-0.15, -0.1) is 0 Å². The first kappa shape index (κ1) is 16.3. The molecule has 2 aromatic carbocycles. The Morgan fingerprint density at radius 2 is 1.71 bits per heavy atom. The number of ether oxygens (including phenoxy) is 3. The molecule has 0 unspecified atom stereocenters. The molecule has 0 aliphatic rings. The minimum Gasteiger partial charge on any atom is -0.427 e. The third-order valence-corrected chi connectivity index (χ3v) is 4.44. The van der Waals surface area contributed by atoms with E-state index in [9.17, 15) is 0 Å². The highest BCUT2D eigenvalue weighted by molar-refractivity contribution is 7.11. The van der Waals surface area contributed by atoms with Gasteiger partial charge in [0.1, 0.15) is 0 Å². The fraction of sp³-hybridized carbons (Fsp3) is 0. The number of aromatic amines is 2. The SMILES string of the molecule is c1cc(Oc2ncc[nH]2)c(Oc2nc3ccccc3[nH]2)c(Oc2nccs2)c1. The summed E-state index contributed by atoms with van der Waals surface area (Å²) in [6, 6.07) is 13.6. The van der Waals surface area contributed by atoms with E-state index in [4.69, 9.17) is 14.2 Å². The van der Waals surface area contributed by atoms with Crippen LogP contribution in [0.4, 0.5) is 0 Å². The molecule has 2 N–H and O–H groups in total. The number of nitrogens with one attached hydrogen (secondary N) is 2. The van der Waals surface area contributed by atoms with Crippen molar-refractivity contribution in [2.45, 2.75) is 0 Å². The van der Waals surface area contributed by atoms with Crippen LogP contribution in [-0.4, -0.2) is 24.9 Å². The topological polar surface area (TPSA) is 97.9 Å². The Bertz CT molecular complexity index is 1110. The summed E-state index contributed by atoms with van der Waals surface area (Å²) in [6.45, 7) is 0. The molecule has 0 fully saturated rings. The number of hydrogen-bond donors (Lipinski definition) is 2. The Morgan fingerprint density at radius 1 is 0.821 bits per heavy atom.